The molecule has 0 bridgehead atoms. The molecule has 0 radical (unpaired) electrons. The molecular weight excluding hydrogens is 346 g/mol. The van der Waals surface area contributed by atoms with Gasteiger partial charge in [0.05, 0.1) is 14.2 Å². The van der Waals surface area contributed by atoms with Crippen LogP contribution in [-0.2, 0) is 4.79 Å². The Morgan fingerprint density at radius 1 is 1.11 bits per heavy atom. The van der Waals surface area contributed by atoms with Crippen LogP contribution in [0.2, 0.25) is 0 Å². The standard InChI is InChI=1S/C20H31N3O4/c1-15(2)14-23(8-5-19(24)22-9-6-21-7-10-22)20(25)16-11-17(26-3)13-18(12-16)27-4/h11-13,15,21H,5-10,14H2,1-4H3. The summed E-state index contributed by atoms with van der Waals surface area (Å²) in [5.41, 5.74) is 0.501. The predicted octanol–water partition coefficient (Wildman–Crippen LogP) is 1.62. The predicted molar refractivity (Wildman–Crippen MR) is 104 cm³/mol. The first-order valence-corrected chi connectivity index (χ1v) is 9.45. The number of hydrogen-bond donors (Lipinski definition) is 1. The summed E-state index contributed by atoms with van der Waals surface area (Å²) in [6.45, 7) is 8.21. The average Bonchev–Trinajstić information content (AvgIpc) is 2.70. The molecule has 0 aliphatic carbocycles. The lowest BCUT2D eigenvalue weighted by Crippen LogP contribution is -2.47. The molecule has 2 amide bonds. The van der Waals surface area contributed by atoms with Gasteiger partial charge in [0, 0.05) is 57.3 Å². The topological polar surface area (TPSA) is 71.1 Å². The highest BCUT2D eigenvalue weighted by molar-refractivity contribution is 5.95. The second kappa shape index (κ2) is 10.2. The van der Waals surface area contributed by atoms with Gasteiger partial charge in [0.2, 0.25) is 5.91 Å². The fraction of sp³-hybridized carbons (Fsp3) is 0.600. The summed E-state index contributed by atoms with van der Waals surface area (Å²) in [5, 5.41) is 3.24. The normalized spacial score (nSPS) is 14.2. The van der Waals surface area contributed by atoms with Crippen LogP contribution in [0.1, 0.15) is 30.6 Å². The van der Waals surface area contributed by atoms with Gasteiger partial charge in [-0.15, -0.1) is 0 Å². The number of carbonyl (C=O) groups is 2. The number of ether oxygens (including phenoxy) is 2. The molecule has 1 aromatic carbocycles. The second-order valence-electron chi connectivity index (χ2n) is 7.13. The van der Waals surface area contributed by atoms with Crippen LogP contribution in [0.4, 0.5) is 0 Å². The zero-order valence-corrected chi connectivity index (χ0v) is 16.8. The molecule has 0 saturated carbocycles. The van der Waals surface area contributed by atoms with Crippen molar-refractivity contribution >= 4 is 11.8 Å². The van der Waals surface area contributed by atoms with Gasteiger partial charge in [-0.2, -0.15) is 0 Å². The van der Waals surface area contributed by atoms with Gasteiger partial charge in [0.25, 0.3) is 5.91 Å². The maximum Gasteiger partial charge on any atom is 0.254 e. The lowest BCUT2D eigenvalue weighted by atomic mass is 10.1. The van der Waals surface area contributed by atoms with E-state index < -0.39 is 0 Å². The lowest BCUT2D eigenvalue weighted by Gasteiger charge is -2.29. The fourth-order valence-electron chi connectivity index (χ4n) is 3.13. The molecule has 27 heavy (non-hydrogen) atoms. The Kier molecular flexibility index (Phi) is 7.91. The van der Waals surface area contributed by atoms with Gasteiger partial charge in [-0.3, -0.25) is 9.59 Å². The van der Waals surface area contributed by atoms with Crippen LogP contribution in [0.5, 0.6) is 11.5 Å². The molecule has 7 nitrogen and oxygen atoms in total. The van der Waals surface area contributed by atoms with Crippen molar-refractivity contribution in [3.05, 3.63) is 23.8 Å². The van der Waals surface area contributed by atoms with E-state index in [1.807, 2.05) is 4.90 Å². The van der Waals surface area contributed by atoms with E-state index in [-0.39, 0.29) is 11.8 Å². The van der Waals surface area contributed by atoms with Crippen LogP contribution in [0.15, 0.2) is 18.2 Å². The number of methoxy groups -OCH3 is 2. The van der Waals surface area contributed by atoms with Gasteiger partial charge in [0.1, 0.15) is 11.5 Å². The number of nitrogens with zero attached hydrogens (tertiary/aromatic N) is 2. The molecule has 1 aromatic rings. The zero-order valence-electron chi connectivity index (χ0n) is 16.8. The van der Waals surface area contributed by atoms with Crippen LogP contribution >= 0.6 is 0 Å². The third kappa shape index (κ3) is 6.13. The molecule has 150 valence electrons. The molecule has 0 spiro atoms. The number of nitrogens with one attached hydrogen (secondary N) is 1. The number of carbonyl (C=O) groups excluding carboxylic acids is 2. The van der Waals surface area contributed by atoms with Crippen molar-refractivity contribution in [1.29, 1.82) is 0 Å². The highest BCUT2D eigenvalue weighted by Gasteiger charge is 2.22. The van der Waals surface area contributed by atoms with Gasteiger partial charge in [-0.1, -0.05) is 13.8 Å². The minimum atomic E-state index is -0.117. The summed E-state index contributed by atoms with van der Waals surface area (Å²) in [4.78, 5) is 29.2. The van der Waals surface area contributed by atoms with Gasteiger partial charge < -0.3 is 24.6 Å². The van der Waals surface area contributed by atoms with E-state index in [4.69, 9.17) is 9.47 Å². The quantitative estimate of drug-likeness (QED) is 0.746. The summed E-state index contributed by atoms with van der Waals surface area (Å²) in [6, 6.07) is 5.14. The summed E-state index contributed by atoms with van der Waals surface area (Å²) < 4.78 is 10.5. The minimum absolute atomic E-state index is 0.0984. The Balaban J connectivity index is 2.10. The fourth-order valence-corrected chi connectivity index (χ4v) is 3.13. The van der Waals surface area contributed by atoms with E-state index in [0.717, 1.165) is 26.2 Å². The average molecular weight is 377 g/mol. The second-order valence-corrected chi connectivity index (χ2v) is 7.13. The smallest absolute Gasteiger partial charge is 0.254 e. The third-order valence-corrected chi connectivity index (χ3v) is 4.54. The highest BCUT2D eigenvalue weighted by atomic mass is 16.5. The number of rotatable bonds is 8. The Hall–Kier alpha value is -2.28. The molecule has 7 heteroatoms. The Morgan fingerprint density at radius 3 is 2.22 bits per heavy atom. The Morgan fingerprint density at radius 2 is 1.70 bits per heavy atom. The molecule has 1 heterocycles. The number of hydrogen-bond acceptors (Lipinski definition) is 5. The molecular formula is C20H31N3O4. The number of benzene rings is 1. The Labute approximate surface area is 161 Å². The van der Waals surface area contributed by atoms with Crippen molar-refractivity contribution in [1.82, 2.24) is 15.1 Å². The van der Waals surface area contributed by atoms with Crippen LogP contribution in [0.25, 0.3) is 0 Å². The molecule has 1 fully saturated rings. The summed E-state index contributed by atoms with van der Waals surface area (Å²) in [6.07, 6.45) is 0.333. The van der Waals surface area contributed by atoms with Crippen molar-refractivity contribution in [2.75, 3.05) is 53.5 Å². The lowest BCUT2D eigenvalue weighted by molar-refractivity contribution is -0.132. The molecule has 1 aliphatic heterocycles. The monoisotopic (exact) mass is 377 g/mol. The van der Waals surface area contributed by atoms with Gasteiger partial charge >= 0.3 is 0 Å². The van der Waals surface area contributed by atoms with Crippen LogP contribution < -0.4 is 14.8 Å². The van der Waals surface area contributed by atoms with Crippen molar-refractivity contribution in [2.24, 2.45) is 5.92 Å². The minimum Gasteiger partial charge on any atom is -0.497 e. The van der Waals surface area contributed by atoms with E-state index in [0.29, 0.717) is 42.5 Å². The molecule has 1 N–H and O–H groups in total. The van der Waals surface area contributed by atoms with Crippen molar-refractivity contribution < 1.29 is 19.1 Å². The first-order chi connectivity index (χ1) is 12.9. The summed E-state index contributed by atoms with van der Waals surface area (Å²) >= 11 is 0. The summed E-state index contributed by atoms with van der Waals surface area (Å²) in [5.74, 6) is 1.42. The molecule has 0 atom stereocenters. The van der Waals surface area contributed by atoms with Crippen molar-refractivity contribution in [2.45, 2.75) is 20.3 Å². The van der Waals surface area contributed by atoms with Crippen molar-refractivity contribution in [3.63, 3.8) is 0 Å². The molecule has 2 rings (SSSR count). The first-order valence-electron chi connectivity index (χ1n) is 9.45. The van der Waals surface area contributed by atoms with Crippen LogP contribution in [0.3, 0.4) is 0 Å². The van der Waals surface area contributed by atoms with E-state index in [2.05, 4.69) is 19.2 Å². The number of amides is 2. The van der Waals surface area contributed by atoms with Crippen LogP contribution in [0, 0.1) is 5.92 Å². The maximum absolute atomic E-state index is 13.1. The van der Waals surface area contributed by atoms with Gasteiger partial charge in [-0.25, -0.2) is 0 Å². The SMILES string of the molecule is COc1cc(OC)cc(C(=O)N(CCC(=O)N2CCNCC2)CC(C)C)c1. The van der Waals surface area contributed by atoms with E-state index >= 15 is 0 Å². The molecule has 0 aromatic heterocycles. The number of piperazine rings is 1. The third-order valence-electron chi connectivity index (χ3n) is 4.54. The molecule has 1 aliphatic rings. The van der Waals surface area contributed by atoms with Crippen LogP contribution in [-0.4, -0.2) is 75.1 Å². The first kappa shape index (κ1) is 21.0. The van der Waals surface area contributed by atoms with Gasteiger partial charge in [-0.05, 0) is 18.1 Å². The summed E-state index contributed by atoms with van der Waals surface area (Å²) in [7, 11) is 3.11. The van der Waals surface area contributed by atoms with Gasteiger partial charge in [0.15, 0.2) is 0 Å². The van der Waals surface area contributed by atoms with E-state index in [1.54, 1.807) is 37.3 Å². The molecule has 1 saturated heterocycles. The maximum atomic E-state index is 13.1. The highest BCUT2D eigenvalue weighted by Crippen LogP contribution is 2.24. The van der Waals surface area contributed by atoms with Crippen molar-refractivity contribution in [3.8, 4) is 11.5 Å². The van der Waals surface area contributed by atoms with E-state index in [1.165, 1.54) is 0 Å². The van der Waals surface area contributed by atoms with E-state index in [9.17, 15) is 9.59 Å². The zero-order chi connectivity index (χ0) is 19.8. The molecule has 0 unspecified atom stereocenters. The Bertz CT molecular complexity index is 620. The largest absolute Gasteiger partial charge is 0.497 e.